The Balaban J connectivity index is 3.15. The summed E-state index contributed by atoms with van der Waals surface area (Å²) in [5, 5.41) is 0. The van der Waals surface area contributed by atoms with Gasteiger partial charge in [0.05, 0.1) is 26.2 Å². The molecule has 200 valence electrons. The summed E-state index contributed by atoms with van der Waals surface area (Å²) >= 11 is 0. The Morgan fingerprint density at radius 1 is 0.273 bits per heavy atom. The minimum Gasteiger partial charge on any atom is -0.324 e. The van der Waals surface area contributed by atoms with E-state index in [0.29, 0.717) is 0 Å². The van der Waals surface area contributed by atoms with Crippen molar-refractivity contribution >= 4 is 0 Å². The van der Waals surface area contributed by atoms with Gasteiger partial charge < -0.3 is 4.48 Å². The van der Waals surface area contributed by atoms with Crippen molar-refractivity contribution in [1.82, 2.24) is 0 Å². The van der Waals surface area contributed by atoms with Crippen LogP contribution in [0.2, 0.25) is 0 Å². The molecule has 0 amide bonds. The molecule has 0 spiro atoms. The summed E-state index contributed by atoms with van der Waals surface area (Å²) in [4.78, 5) is 0. The van der Waals surface area contributed by atoms with E-state index >= 15 is 0 Å². The minimum absolute atomic E-state index is 1.31. The molecule has 1 nitrogen and oxygen atoms in total. The lowest BCUT2D eigenvalue weighted by Gasteiger charge is -2.35. The zero-order chi connectivity index (χ0) is 24.3. The van der Waals surface area contributed by atoms with Crippen LogP contribution in [0.15, 0.2) is 0 Å². The van der Waals surface area contributed by atoms with Crippen molar-refractivity contribution < 1.29 is 4.48 Å². The van der Waals surface area contributed by atoms with E-state index in [0.717, 1.165) is 0 Å². The summed E-state index contributed by atoms with van der Waals surface area (Å²) < 4.78 is 1.33. The van der Waals surface area contributed by atoms with E-state index in [1.807, 2.05) is 0 Å². The average molecular weight is 467 g/mol. The molecule has 0 heterocycles. The van der Waals surface area contributed by atoms with Crippen LogP contribution in [-0.4, -0.2) is 30.7 Å². The number of hydrogen-bond donors (Lipinski definition) is 0. The van der Waals surface area contributed by atoms with Gasteiger partial charge in [0.15, 0.2) is 0 Å². The van der Waals surface area contributed by atoms with Gasteiger partial charge in [-0.1, -0.05) is 148 Å². The third kappa shape index (κ3) is 22.2. The third-order valence-corrected chi connectivity index (χ3v) is 8.50. The van der Waals surface area contributed by atoms with E-state index in [9.17, 15) is 0 Å². The van der Waals surface area contributed by atoms with Crippen LogP contribution >= 0.6 is 0 Å². The maximum absolute atomic E-state index is 2.37. The molecule has 1 heteroatoms. The summed E-state index contributed by atoms with van der Waals surface area (Å²) in [6.45, 7) is 14.7. The second-order valence-electron chi connectivity index (χ2n) is 11.1. The zero-order valence-electron chi connectivity index (χ0n) is 24.2. The SMILES string of the molecule is CCCCCCCCCCCCCCCCCCCCCCCCCC[N+](CC)(CC)CC. The summed E-state index contributed by atoms with van der Waals surface area (Å²) in [6.07, 6.45) is 35.4. The van der Waals surface area contributed by atoms with E-state index in [4.69, 9.17) is 0 Å². The summed E-state index contributed by atoms with van der Waals surface area (Å²) in [6, 6.07) is 0. The molecule has 0 rings (SSSR count). The average Bonchev–Trinajstić information content (AvgIpc) is 2.84. The molecule has 0 bridgehead atoms. The predicted octanol–water partition coefficient (Wildman–Crippen LogP) is 11.2. The normalized spacial score (nSPS) is 12.0. The fourth-order valence-corrected chi connectivity index (χ4v) is 5.55. The van der Waals surface area contributed by atoms with Gasteiger partial charge in [0.2, 0.25) is 0 Å². The number of unbranched alkanes of at least 4 members (excludes halogenated alkanes) is 23. The molecular formula is C32H68N+. The van der Waals surface area contributed by atoms with E-state index in [-0.39, 0.29) is 0 Å². The van der Waals surface area contributed by atoms with Crippen LogP contribution in [0.25, 0.3) is 0 Å². The van der Waals surface area contributed by atoms with Gasteiger partial charge in [-0.15, -0.1) is 0 Å². The molecule has 0 N–H and O–H groups in total. The highest BCUT2D eigenvalue weighted by molar-refractivity contribution is 4.52. The Bertz CT molecular complexity index is 338. The Labute approximate surface area is 212 Å². The summed E-state index contributed by atoms with van der Waals surface area (Å²) in [5.74, 6) is 0. The third-order valence-electron chi connectivity index (χ3n) is 8.50. The lowest BCUT2D eigenvalue weighted by molar-refractivity contribution is -0.923. The van der Waals surface area contributed by atoms with E-state index in [1.54, 1.807) is 0 Å². The number of hydrogen-bond acceptors (Lipinski definition) is 0. The lowest BCUT2D eigenvalue weighted by atomic mass is 10.0. The Morgan fingerprint density at radius 3 is 0.697 bits per heavy atom. The minimum atomic E-state index is 1.31. The molecule has 0 aliphatic carbocycles. The van der Waals surface area contributed by atoms with Crippen LogP contribution in [0.5, 0.6) is 0 Å². The van der Waals surface area contributed by atoms with Crippen LogP contribution < -0.4 is 0 Å². The molecule has 0 atom stereocenters. The quantitative estimate of drug-likeness (QED) is 0.0794. The second kappa shape index (κ2) is 26.6. The summed E-state index contributed by atoms with van der Waals surface area (Å²) in [7, 11) is 0. The number of rotatable bonds is 28. The van der Waals surface area contributed by atoms with Gasteiger partial charge in [0.25, 0.3) is 0 Å². The van der Waals surface area contributed by atoms with Gasteiger partial charge >= 0.3 is 0 Å². The highest BCUT2D eigenvalue weighted by atomic mass is 15.3. The van der Waals surface area contributed by atoms with Crippen molar-refractivity contribution in [2.24, 2.45) is 0 Å². The molecule has 0 aliphatic rings. The van der Waals surface area contributed by atoms with E-state index in [1.165, 1.54) is 185 Å². The van der Waals surface area contributed by atoms with Crippen molar-refractivity contribution in [2.75, 3.05) is 26.2 Å². The van der Waals surface area contributed by atoms with Crippen LogP contribution in [-0.2, 0) is 0 Å². The standard InChI is InChI=1S/C32H68N/c1-5-9-10-11-12-13-14-15-16-17-18-19-20-21-22-23-24-25-26-27-28-29-30-31-32-33(6-2,7-3)8-4/h5-32H2,1-4H3/q+1. The molecule has 0 saturated heterocycles. The molecular weight excluding hydrogens is 398 g/mol. The second-order valence-corrected chi connectivity index (χ2v) is 11.1. The first kappa shape index (κ1) is 33.0. The fraction of sp³-hybridized carbons (Fsp3) is 1.00. The summed E-state index contributed by atoms with van der Waals surface area (Å²) in [5.41, 5.74) is 0. The predicted molar refractivity (Wildman–Crippen MR) is 153 cm³/mol. The topological polar surface area (TPSA) is 0 Å². The highest BCUT2D eigenvalue weighted by Gasteiger charge is 2.19. The van der Waals surface area contributed by atoms with Gasteiger partial charge in [0.1, 0.15) is 0 Å². The maximum atomic E-state index is 2.37. The Kier molecular flexibility index (Phi) is 26.5. The fourth-order valence-electron chi connectivity index (χ4n) is 5.55. The molecule has 0 radical (unpaired) electrons. The first-order chi connectivity index (χ1) is 16.2. The molecule has 0 aromatic heterocycles. The monoisotopic (exact) mass is 467 g/mol. The van der Waals surface area contributed by atoms with Crippen molar-refractivity contribution in [2.45, 2.75) is 182 Å². The molecule has 0 saturated carbocycles. The molecule has 0 fully saturated rings. The first-order valence-corrected chi connectivity index (χ1v) is 16.1. The molecule has 0 aromatic carbocycles. The van der Waals surface area contributed by atoms with Crippen molar-refractivity contribution in [3.8, 4) is 0 Å². The van der Waals surface area contributed by atoms with Gasteiger partial charge in [-0.05, 0) is 33.6 Å². The molecule has 0 aromatic rings. The smallest absolute Gasteiger partial charge is 0.0786 e. The first-order valence-electron chi connectivity index (χ1n) is 16.1. The van der Waals surface area contributed by atoms with Crippen LogP contribution in [0.3, 0.4) is 0 Å². The van der Waals surface area contributed by atoms with Gasteiger partial charge in [-0.25, -0.2) is 0 Å². The van der Waals surface area contributed by atoms with Crippen molar-refractivity contribution in [3.63, 3.8) is 0 Å². The van der Waals surface area contributed by atoms with Crippen molar-refractivity contribution in [1.29, 1.82) is 0 Å². The molecule has 33 heavy (non-hydrogen) atoms. The van der Waals surface area contributed by atoms with Crippen LogP contribution in [0, 0.1) is 0 Å². The van der Waals surface area contributed by atoms with Crippen molar-refractivity contribution in [3.05, 3.63) is 0 Å². The number of nitrogens with zero attached hydrogens (tertiary/aromatic N) is 1. The van der Waals surface area contributed by atoms with Gasteiger partial charge in [-0.3, -0.25) is 0 Å². The number of quaternary nitrogens is 1. The zero-order valence-corrected chi connectivity index (χ0v) is 24.2. The van der Waals surface area contributed by atoms with Gasteiger partial charge in [-0.2, -0.15) is 0 Å². The van der Waals surface area contributed by atoms with E-state index in [2.05, 4.69) is 27.7 Å². The van der Waals surface area contributed by atoms with Crippen LogP contribution in [0.4, 0.5) is 0 Å². The van der Waals surface area contributed by atoms with Gasteiger partial charge in [0, 0.05) is 0 Å². The Hall–Kier alpha value is -0.0400. The molecule has 0 aliphatic heterocycles. The van der Waals surface area contributed by atoms with E-state index < -0.39 is 0 Å². The largest absolute Gasteiger partial charge is 0.324 e. The maximum Gasteiger partial charge on any atom is 0.0786 e. The highest BCUT2D eigenvalue weighted by Crippen LogP contribution is 2.16. The van der Waals surface area contributed by atoms with Crippen LogP contribution in [0.1, 0.15) is 182 Å². The molecule has 0 unspecified atom stereocenters. The Morgan fingerprint density at radius 2 is 0.485 bits per heavy atom. The lowest BCUT2D eigenvalue weighted by Crippen LogP contribution is -2.48.